The van der Waals surface area contributed by atoms with Crippen molar-refractivity contribution in [3.8, 4) is 0 Å². The molecule has 0 spiro atoms. The van der Waals surface area contributed by atoms with Crippen molar-refractivity contribution in [3.05, 3.63) is 0 Å². The van der Waals surface area contributed by atoms with Crippen LogP contribution in [0.25, 0.3) is 0 Å². The van der Waals surface area contributed by atoms with E-state index in [0.29, 0.717) is 19.0 Å². The molecular formula is C16H25NO5. The van der Waals surface area contributed by atoms with Crippen molar-refractivity contribution in [2.45, 2.75) is 45.3 Å². The first-order valence-electron chi connectivity index (χ1n) is 8.10. The van der Waals surface area contributed by atoms with E-state index in [-0.39, 0.29) is 35.6 Å². The summed E-state index contributed by atoms with van der Waals surface area (Å²) in [7, 11) is 1.36. The number of piperidine rings is 1. The Balaban J connectivity index is 1.59. The van der Waals surface area contributed by atoms with Gasteiger partial charge < -0.3 is 19.1 Å². The van der Waals surface area contributed by atoms with E-state index in [1.807, 2.05) is 0 Å². The Morgan fingerprint density at radius 3 is 2.77 bits per heavy atom. The number of hydrogen-bond donors (Lipinski definition) is 0. The lowest BCUT2D eigenvalue weighted by atomic mass is 9.59. The average molecular weight is 311 g/mol. The minimum absolute atomic E-state index is 0.0685. The van der Waals surface area contributed by atoms with Gasteiger partial charge in [0.1, 0.15) is 6.10 Å². The van der Waals surface area contributed by atoms with Gasteiger partial charge in [-0.15, -0.1) is 0 Å². The lowest BCUT2D eigenvalue weighted by Crippen LogP contribution is -2.62. The number of amides is 1. The summed E-state index contributed by atoms with van der Waals surface area (Å²) in [4.78, 5) is 25.7. The molecule has 22 heavy (non-hydrogen) atoms. The summed E-state index contributed by atoms with van der Waals surface area (Å²) in [6, 6.07) is 0. The molecule has 0 radical (unpaired) electrons. The SMILES string of the molecule is COC(=O)N1CCC[C@H](C(=O)O[C@@H]2[C@@H]3CCO[C@@H]3C2(C)C)C1. The van der Waals surface area contributed by atoms with Gasteiger partial charge in [0.2, 0.25) is 0 Å². The number of carbonyl (C=O) groups is 2. The van der Waals surface area contributed by atoms with Crippen LogP contribution in [0.1, 0.15) is 33.1 Å². The Morgan fingerprint density at radius 1 is 1.27 bits per heavy atom. The predicted octanol–water partition coefficient (Wildman–Crippen LogP) is 1.82. The van der Waals surface area contributed by atoms with Gasteiger partial charge in [-0.1, -0.05) is 13.8 Å². The molecule has 6 heteroatoms. The zero-order valence-electron chi connectivity index (χ0n) is 13.5. The number of fused-ring (bicyclic) bond motifs is 1. The number of esters is 1. The number of likely N-dealkylation sites (tertiary alicyclic amines) is 1. The standard InChI is InChI=1S/C16H25NO5/c1-16(2)12-11(6-8-21-12)13(16)22-14(18)10-5-4-7-17(9-10)15(19)20-3/h10-13H,4-9H2,1-3H3/t10-,11+,12-,13+/m0/s1. The summed E-state index contributed by atoms with van der Waals surface area (Å²) < 4.78 is 16.3. The van der Waals surface area contributed by atoms with Crippen molar-refractivity contribution in [3.63, 3.8) is 0 Å². The van der Waals surface area contributed by atoms with Crippen LogP contribution < -0.4 is 0 Å². The minimum atomic E-state index is -0.370. The molecule has 124 valence electrons. The molecule has 0 aromatic carbocycles. The topological polar surface area (TPSA) is 65.1 Å². The zero-order chi connectivity index (χ0) is 15.9. The molecule has 3 fully saturated rings. The van der Waals surface area contributed by atoms with Crippen molar-refractivity contribution in [1.29, 1.82) is 0 Å². The Kier molecular flexibility index (Phi) is 4.05. The van der Waals surface area contributed by atoms with Crippen molar-refractivity contribution < 1.29 is 23.8 Å². The van der Waals surface area contributed by atoms with Crippen LogP contribution >= 0.6 is 0 Å². The molecule has 1 aliphatic carbocycles. The highest BCUT2D eigenvalue weighted by Crippen LogP contribution is 2.53. The molecule has 4 atom stereocenters. The van der Waals surface area contributed by atoms with Crippen LogP contribution in [0.3, 0.4) is 0 Å². The molecular weight excluding hydrogens is 286 g/mol. The molecule has 0 unspecified atom stereocenters. The van der Waals surface area contributed by atoms with Gasteiger partial charge in [0.15, 0.2) is 0 Å². The normalized spacial score (nSPS) is 36.2. The third-order valence-corrected chi connectivity index (χ3v) is 5.42. The number of rotatable bonds is 2. The maximum Gasteiger partial charge on any atom is 0.409 e. The highest BCUT2D eigenvalue weighted by atomic mass is 16.6. The summed E-state index contributed by atoms with van der Waals surface area (Å²) in [6.07, 6.45) is 2.31. The molecule has 3 aliphatic rings. The highest BCUT2D eigenvalue weighted by molar-refractivity contribution is 5.75. The molecule has 1 saturated carbocycles. The average Bonchev–Trinajstić information content (AvgIpc) is 2.98. The van der Waals surface area contributed by atoms with Crippen LogP contribution in [-0.2, 0) is 19.0 Å². The van der Waals surface area contributed by atoms with E-state index in [1.54, 1.807) is 4.90 Å². The number of hydrogen-bond acceptors (Lipinski definition) is 5. The summed E-state index contributed by atoms with van der Waals surface area (Å²) in [5, 5.41) is 0. The maximum atomic E-state index is 12.5. The molecule has 0 bridgehead atoms. The largest absolute Gasteiger partial charge is 0.461 e. The first-order valence-corrected chi connectivity index (χ1v) is 8.10. The molecule has 3 rings (SSSR count). The molecule has 0 aromatic rings. The van der Waals surface area contributed by atoms with Gasteiger partial charge in [-0.25, -0.2) is 4.79 Å². The van der Waals surface area contributed by atoms with Gasteiger partial charge in [0, 0.05) is 31.0 Å². The first-order chi connectivity index (χ1) is 10.4. The molecule has 2 heterocycles. The van der Waals surface area contributed by atoms with E-state index >= 15 is 0 Å². The molecule has 2 aliphatic heterocycles. The van der Waals surface area contributed by atoms with Crippen LogP contribution in [0.15, 0.2) is 0 Å². The first kappa shape index (κ1) is 15.6. The molecule has 0 N–H and O–H groups in total. The van der Waals surface area contributed by atoms with E-state index in [1.165, 1.54) is 7.11 Å². The van der Waals surface area contributed by atoms with E-state index in [9.17, 15) is 9.59 Å². The molecule has 6 nitrogen and oxygen atoms in total. The van der Waals surface area contributed by atoms with Gasteiger partial charge in [-0.2, -0.15) is 0 Å². The van der Waals surface area contributed by atoms with Crippen LogP contribution in [0.4, 0.5) is 4.79 Å². The Hall–Kier alpha value is -1.30. The van der Waals surface area contributed by atoms with E-state index in [2.05, 4.69) is 13.8 Å². The summed E-state index contributed by atoms with van der Waals surface area (Å²) >= 11 is 0. The second-order valence-electron chi connectivity index (χ2n) is 7.18. The number of methoxy groups -OCH3 is 1. The molecule has 1 amide bonds. The minimum Gasteiger partial charge on any atom is -0.461 e. The van der Waals surface area contributed by atoms with E-state index < -0.39 is 0 Å². The van der Waals surface area contributed by atoms with Crippen molar-refractivity contribution >= 4 is 12.1 Å². The summed E-state index contributed by atoms with van der Waals surface area (Å²) in [6.45, 7) is 5.98. The number of nitrogens with zero attached hydrogens (tertiary/aromatic N) is 1. The predicted molar refractivity (Wildman–Crippen MR) is 78.2 cm³/mol. The third kappa shape index (κ3) is 2.47. The van der Waals surface area contributed by atoms with Gasteiger partial charge in [0.05, 0.1) is 19.1 Å². The smallest absolute Gasteiger partial charge is 0.409 e. The fraction of sp³-hybridized carbons (Fsp3) is 0.875. The second kappa shape index (κ2) is 5.72. The lowest BCUT2D eigenvalue weighted by molar-refractivity contribution is -0.214. The summed E-state index contributed by atoms with van der Waals surface area (Å²) in [5.41, 5.74) is -0.118. The Bertz CT molecular complexity index is 463. The van der Waals surface area contributed by atoms with Crippen molar-refractivity contribution in [2.75, 3.05) is 26.8 Å². The van der Waals surface area contributed by atoms with Crippen molar-refractivity contribution in [2.24, 2.45) is 17.3 Å². The van der Waals surface area contributed by atoms with Gasteiger partial charge in [0.25, 0.3) is 0 Å². The summed E-state index contributed by atoms with van der Waals surface area (Å²) in [5.74, 6) is -0.0960. The van der Waals surface area contributed by atoms with Crippen LogP contribution in [0.2, 0.25) is 0 Å². The van der Waals surface area contributed by atoms with Gasteiger partial charge in [-0.05, 0) is 19.3 Å². The zero-order valence-corrected chi connectivity index (χ0v) is 13.5. The number of ether oxygens (including phenoxy) is 3. The lowest BCUT2D eigenvalue weighted by Gasteiger charge is -2.53. The van der Waals surface area contributed by atoms with E-state index in [4.69, 9.17) is 14.2 Å². The van der Waals surface area contributed by atoms with Gasteiger partial charge >= 0.3 is 12.1 Å². The third-order valence-electron chi connectivity index (χ3n) is 5.42. The molecule has 0 aromatic heterocycles. The van der Waals surface area contributed by atoms with Crippen LogP contribution in [-0.4, -0.2) is 56.0 Å². The Morgan fingerprint density at radius 2 is 2.05 bits per heavy atom. The second-order valence-corrected chi connectivity index (χ2v) is 7.18. The maximum absolute atomic E-state index is 12.5. The number of carbonyl (C=O) groups excluding carboxylic acids is 2. The Labute approximate surface area is 131 Å². The highest BCUT2D eigenvalue weighted by Gasteiger charge is 2.61. The van der Waals surface area contributed by atoms with Gasteiger partial charge in [-0.3, -0.25) is 4.79 Å². The van der Waals surface area contributed by atoms with Crippen molar-refractivity contribution in [1.82, 2.24) is 4.90 Å². The van der Waals surface area contributed by atoms with Crippen LogP contribution in [0.5, 0.6) is 0 Å². The quantitative estimate of drug-likeness (QED) is 0.728. The van der Waals surface area contributed by atoms with E-state index in [0.717, 1.165) is 25.9 Å². The molecule has 2 saturated heterocycles. The fourth-order valence-corrected chi connectivity index (χ4v) is 4.20. The van der Waals surface area contributed by atoms with Crippen LogP contribution in [0, 0.1) is 17.3 Å². The monoisotopic (exact) mass is 311 g/mol. The fourth-order valence-electron chi connectivity index (χ4n) is 4.20.